The molecule has 0 aliphatic heterocycles. The van der Waals surface area contributed by atoms with Crippen LogP contribution >= 0.6 is 0 Å². The largest absolute Gasteiger partial charge is 0.462 e. The number of esters is 3. The van der Waals surface area contributed by atoms with Crippen LogP contribution in [0.4, 0.5) is 0 Å². The Bertz CT molecular complexity index is 916. The van der Waals surface area contributed by atoms with E-state index in [1.165, 1.54) is 186 Å². The van der Waals surface area contributed by atoms with E-state index < -0.39 is 6.10 Å². The quantitative estimate of drug-likeness (QED) is 0.0345. The van der Waals surface area contributed by atoms with Gasteiger partial charge in [-0.3, -0.25) is 14.4 Å². The Balaban J connectivity index is 4.30. The lowest BCUT2D eigenvalue weighted by atomic mass is 10.0. The van der Waals surface area contributed by atoms with Crippen molar-refractivity contribution in [2.24, 2.45) is 11.8 Å². The average molecular weight is 849 g/mol. The molecular formula is C54H104O6. The molecule has 0 radical (unpaired) electrons. The van der Waals surface area contributed by atoms with Crippen LogP contribution in [0.1, 0.15) is 298 Å². The van der Waals surface area contributed by atoms with Gasteiger partial charge < -0.3 is 14.2 Å². The predicted molar refractivity (Wildman–Crippen MR) is 256 cm³/mol. The molecule has 1 atom stereocenters. The molecule has 0 saturated carbocycles. The van der Waals surface area contributed by atoms with Gasteiger partial charge in [0.2, 0.25) is 0 Å². The van der Waals surface area contributed by atoms with Gasteiger partial charge in [-0.15, -0.1) is 0 Å². The molecule has 0 aromatic carbocycles. The Labute approximate surface area is 374 Å². The van der Waals surface area contributed by atoms with Gasteiger partial charge >= 0.3 is 17.9 Å². The third-order valence-corrected chi connectivity index (χ3v) is 12.2. The molecule has 0 aromatic heterocycles. The van der Waals surface area contributed by atoms with Crippen LogP contribution in [0.5, 0.6) is 0 Å². The van der Waals surface area contributed by atoms with Crippen LogP contribution in [-0.4, -0.2) is 37.2 Å². The molecular weight excluding hydrogens is 745 g/mol. The van der Waals surface area contributed by atoms with E-state index in [1.54, 1.807) is 0 Å². The second-order valence-corrected chi connectivity index (χ2v) is 19.5. The highest BCUT2D eigenvalue weighted by molar-refractivity contribution is 5.71. The topological polar surface area (TPSA) is 78.9 Å². The van der Waals surface area contributed by atoms with E-state index in [0.29, 0.717) is 19.3 Å². The number of carbonyl (C=O) groups is 3. The standard InChI is InChI=1S/C54H104O6/c1-6-7-8-9-10-11-12-19-24-29-34-39-44-52(55)58-47-51(60-54(57)46-41-36-31-26-21-16-18-23-28-33-38-43-50(4)5)48-59-53(56)45-40-35-30-25-20-15-13-14-17-22-27-32-37-42-49(2)3/h49-51H,6-48H2,1-5H3/t51-/m0/s1. The van der Waals surface area contributed by atoms with Crippen molar-refractivity contribution in [3.05, 3.63) is 0 Å². The number of unbranched alkanes of at least 4 members (excludes halogenated alkanes) is 33. The normalized spacial score (nSPS) is 12.1. The van der Waals surface area contributed by atoms with Crippen LogP contribution in [0.2, 0.25) is 0 Å². The summed E-state index contributed by atoms with van der Waals surface area (Å²) in [4.78, 5) is 38.0. The van der Waals surface area contributed by atoms with Gasteiger partial charge in [0.1, 0.15) is 13.2 Å². The summed E-state index contributed by atoms with van der Waals surface area (Å²) in [5, 5.41) is 0. The van der Waals surface area contributed by atoms with Crippen molar-refractivity contribution >= 4 is 17.9 Å². The molecule has 0 rings (SSSR count). The lowest BCUT2D eigenvalue weighted by Crippen LogP contribution is -2.30. The lowest BCUT2D eigenvalue weighted by molar-refractivity contribution is -0.167. The Morgan fingerprint density at radius 2 is 0.550 bits per heavy atom. The predicted octanol–water partition coefficient (Wildman–Crippen LogP) is 17.3. The van der Waals surface area contributed by atoms with Crippen LogP contribution in [0.15, 0.2) is 0 Å². The van der Waals surface area contributed by atoms with E-state index in [2.05, 4.69) is 34.6 Å². The summed E-state index contributed by atoms with van der Waals surface area (Å²) in [6.07, 6.45) is 48.0. The fourth-order valence-corrected chi connectivity index (χ4v) is 8.17. The maximum Gasteiger partial charge on any atom is 0.306 e. The Kier molecular flexibility index (Phi) is 45.7. The molecule has 0 unspecified atom stereocenters. The number of carbonyl (C=O) groups excluding carboxylic acids is 3. The molecule has 0 saturated heterocycles. The van der Waals surface area contributed by atoms with Gasteiger partial charge in [0, 0.05) is 19.3 Å². The molecule has 60 heavy (non-hydrogen) atoms. The fourth-order valence-electron chi connectivity index (χ4n) is 8.17. The highest BCUT2D eigenvalue weighted by Gasteiger charge is 2.19. The van der Waals surface area contributed by atoms with Gasteiger partial charge in [-0.25, -0.2) is 0 Å². The minimum Gasteiger partial charge on any atom is -0.462 e. The first-order valence-electron chi connectivity index (χ1n) is 26.7. The Hall–Kier alpha value is -1.59. The zero-order chi connectivity index (χ0) is 44.0. The molecule has 6 heteroatoms. The number of rotatable bonds is 48. The van der Waals surface area contributed by atoms with Gasteiger partial charge in [0.05, 0.1) is 0 Å². The minimum atomic E-state index is -0.761. The molecule has 0 N–H and O–H groups in total. The summed E-state index contributed by atoms with van der Waals surface area (Å²) in [6.45, 7) is 11.4. The zero-order valence-electron chi connectivity index (χ0n) is 41.1. The van der Waals surface area contributed by atoms with E-state index in [1.807, 2.05) is 0 Å². The lowest BCUT2D eigenvalue weighted by Gasteiger charge is -2.18. The molecule has 0 aliphatic rings. The van der Waals surface area contributed by atoms with Crippen molar-refractivity contribution in [2.75, 3.05) is 13.2 Å². The molecule has 0 aromatic rings. The Morgan fingerprint density at radius 1 is 0.317 bits per heavy atom. The van der Waals surface area contributed by atoms with Crippen LogP contribution < -0.4 is 0 Å². The second kappa shape index (κ2) is 46.9. The first kappa shape index (κ1) is 58.4. The van der Waals surface area contributed by atoms with Crippen molar-refractivity contribution in [1.29, 1.82) is 0 Å². The van der Waals surface area contributed by atoms with Crippen molar-refractivity contribution in [3.63, 3.8) is 0 Å². The first-order valence-corrected chi connectivity index (χ1v) is 26.7. The van der Waals surface area contributed by atoms with Crippen LogP contribution in [-0.2, 0) is 28.6 Å². The molecule has 0 spiro atoms. The van der Waals surface area contributed by atoms with Gasteiger partial charge in [-0.2, -0.15) is 0 Å². The summed E-state index contributed by atoms with van der Waals surface area (Å²) in [5.74, 6) is 0.819. The monoisotopic (exact) mass is 849 g/mol. The molecule has 0 fully saturated rings. The van der Waals surface area contributed by atoms with Crippen molar-refractivity contribution in [2.45, 2.75) is 304 Å². The van der Waals surface area contributed by atoms with E-state index in [-0.39, 0.29) is 31.1 Å². The SMILES string of the molecule is CCCCCCCCCCCCCCC(=O)OC[C@@H](COC(=O)CCCCCCCCCCCCCCCC(C)C)OC(=O)CCCCCCCCCCCCCC(C)C. The smallest absolute Gasteiger partial charge is 0.306 e. The van der Waals surface area contributed by atoms with E-state index in [4.69, 9.17) is 14.2 Å². The van der Waals surface area contributed by atoms with E-state index in [0.717, 1.165) is 69.6 Å². The molecule has 356 valence electrons. The highest BCUT2D eigenvalue weighted by atomic mass is 16.6. The van der Waals surface area contributed by atoms with Crippen LogP contribution in [0, 0.1) is 11.8 Å². The van der Waals surface area contributed by atoms with Gasteiger partial charge in [0.25, 0.3) is 0 Å². The summed E-state index contributed by atoms with van der Waals surface area (Å²) >= 11 is 0. The van der Waals surface area contributed by atoms with Crippen LogP contribution in [0.3, 0.4) is 0 Å². The molecule has 0 bridgehead atoms. The summed E-state index contributed by atoms with van der Waals surface area (Å²) in [7, 11) is 0. The molecule has 6 nitrogen and oxygen atoms in total. The van der Waals surface area contributed by atoms with E-state index in [9.17, 15) is 14.4 Å². The second-order valence-electron chi connectivity index (χ2n) is 19.5. The van der Waals surface area contributed by atoms with Crippen LogP contribution in [0.25, 0.3) is 0 Å². The molecule has 0 amide bonds. The summed E-state index contributed by atoms with van der Waals surface area (Å²) < 4.78 is 16.8. The van der Waals surface area contributed by atoms with Crippen molar-refractivity contribution in [3.8, 4) is 0 Å². The Morgan fingerprint density at radius 3 is 0.817 bits per heavy atom. The number of hydrogen-bond donors (Lipinski definition) is 0. The van der Waals surface area contributed by atoms with Crippen molar-refractivity contribution < 1.29 is 28.6 Å². The minimum absolute atomic E-state index is 0.0634. The van der Waals surface area contributed by atoms with Crippen molar-refractivity contribution in [1.82, 2.24) is 0 Å². The summed E-state index contributed by atoms with van der Waals surface area (Å²) in [6, 6.07) is 0. The first-order chi connectivity index (χ1) is 29.2. The van der Waals surface area contributed by atoms with Gasteiger partial charge in [-0.1, -0.05) is 259 Å². The molecule has 0 heterocycles. The third-order valence-electron chi connectivity index (χ3n) is 12.2. The maximum atomic E-state index is 12.8. The zero-order valence-corrected chi connectivity index (χ0v) is 41.1. The number of hydrogen-bond acceptors (Lipinski definition) is 6. The average Bonchev–Trinajstić information content (AvgIpc) is 3.22. The van der Waals surface area contributed by atoms with Gasteiger partial charge in [0.15, 0.2) is 6.10 Å². The maximum absolute atomic E-state index is 12.8. The number of ether oxygens (including phenoxy) is 3. The third kappa shape index (κ3) is 47.5. The van der Waals surface area contributed by atoms with E-state index >= 15 is 0 Å². The highest BCUT2D eigenvalue weighted by Crippen LogP contribution is 2.17. The molecule has 0 aliphatic carbocycles. The summed E-state index contributed by atoms with van der Waals surface area (Å²) in [5.41, 5.74) is 0. The fraction of sp³-hybridized carbons (Fsp3) is 0.944. The van der Waals surface area contributed by atoms with Gasteiger partial charge in [-0.05, 0) is 31.1 Å².